The maximum atomic E-state index is 11.2. The highest BCUT2D eigenvalue weighted by molar-refractivity contribution is 7.84. The number of piperazine rings is 1. The van der Waals surface area contributed by atoms with Gasteiger partial charge in [-0.05, 0) is 19.8 Å². The van der Waals surface area contributed by atoms with Crippen molar-refractivity contribution in [2.24, 2.45) is 0 Å². The summed E-state index contributed by atoms with van der Waals surface area (Å²) in [5.74, 6) is 0.820. The zero-order chi connectivity index (χ0) is 11.6. The van der Waals surface area contributed by atoms with Crippen LogP contribution in [0, 0.1) is 0 Å². The van der Waals surface area contributed by atoms with E-state index in [4.69, 9.17) is 0 Å². The highest BCUT2D eigenvalue weighted by Crippen LogP contribution is 2.32. The molecule has 0 aromatic heterocycles. The number of rotatable bonds is 3. The Morgan fingerprint density at radius 1 is 1.44 bits per heavy atom. The average molecular weight is 244 g/mol. The van der Waals surface area contributed by atoms with Gasteiger partial charge in [-0.3, -0.25) is 9.11 Å². The van der Waals surface area contributed by atoms with Crippen LogP contribution < -0.4 is 5.32 Å². The van der Waals surface area contributed by atoms with E-state index in [0.29, 0.717) is 11.6 Å². The minimum atomic E-state index is -0.657. The lowest BCUT2D eigenvalue weighted by Crippen LogP contribution is -2.62. The summed E-state index contributed by atoms with van der Waals surface area (Å²) in [5.41, 5.74) is 0.391. The van der Waals surface area contributed by atoms with E-state index >= 15 is 0 Å². The summed E-state index contributed by atoms with van der Waals surface area (Å²) in [4.78, 5) is 2.53. The van der Waals surface area contributed by atoms with Gasteiger partial charge >= 0.3 is 0 Å². The van der Waals surface area contributed by atoms with Gasteiger partial charge in [-0.2, -0.15) is 0 Å². The van der Waals surface area contributed by atoms with Crippen LogP contribution in [0.3, 0.4) is 0 Å². The Kier molecular flexibility index (Phi) is 4.03. The summed E-state index contributed by atoms with van der Waals surface area (Å²) in [7, 11) is -0.657. The molecule has 0 aromatic carbocycles. The predicted molar refractivity (Wildman–Crippen MR) is 69.2 cm³/mol. The van der Waals surface area contributed by atoms with Gasteiger partial charge in [-0.25, -0.2) is 0 Å². The topological polar surface area (TPSA) is 32.3 Å². The van der Waals surface area contributed by atoms with Crippen molar-refractivity contribution in [3.63, 3.8) is 0 Å². The molecule has 2 fully saturated rings. The first-order chi connectivity index (χ1) is 7.61. The molecule has 1 aliphatic heterocycles. The second-order valence-electron chi connectivity index (χ2n) is 5.47. The van der Waals surface area contributed by atoms with E-state index < -0.39 is 10.8 Å². The summed E-state index contributed by atoms with van der Waals surface area (Å²) >= 11 is 0. The molecule has 1 spiro atoms. The van der Waals surface area contributed by atoms with Crippen molar-refractivity contribution in [2.75, 3.05) is 31.6 Å². The SMILES string of the molecule is CC1CNC2(CCCC2)CN1CCS(C)=O. The zero-order valence-corrected chi connectivity index (χ0v) is 11.3. The van der Waals surface area contributed by atoms with Crippen LogP contribution in [-0.4, -0.2) is 52.3 Å². The molecule has 4 heteroatoms. The molecule has 94 valence electrons. The normalized spacial score (nSPS) is 32.0. The van der Waals surface area contributed by atoms with Crippen molar-refractivity contribution in [2.45, 2.75) is 44.2 Å². The molecular formula is C12H24N2OS. The predicted octanol–water partition coefficient (Wildman–Crippen LogP) is 0.971. The van der Waals surface area contributed by atoms with Gasteiger partial charge in [-0.15, -0.1) is 0 Å². The van der Waals surface area contributed by atoms with Crippen LogP contribution in [0.25, 0.3) is 0 Å². The summed E-state index contributed by atoms with van der Waals surface area (Å²) in [5, 5.41) is 3.74. The van der Waals surface area contributed by atoms with E-state index in [1.54, 1.807) is 6.26 Å². The Balaban J connectivity index is 1.92. The second-order valence-corrected chi connectivity index (χ2v) is 7.02. The van der Waals surface area contributed by atoms with Crippen LogP contribution in [0.4, 0.5) is 0 Å². The molecule has 2 aliphatic rings. The maximum Gasteiger partial charge on any atom is 0.0359 e. The third-order valence-corrected chi connectivity index (χ3v) is 4.89. The van der Waals surface area contributed by atoms with Gasteiger partial charge in [-0.1, -0.05) is 12.8 Å². The number of nitrogens with zero attached hydrogens (tertiary/aromatic N) is 1. The molecule has 2 atom stereocenters. The summed E-state index contributed by atoms with van der Waals surface area (Å²) < 4.78 is 11.2. The lowest BCUT2D eigenvalue weighted by Gasteiger charge is -2.45. The van der Waals surface area contributed by atoms with Crippen LogP contribution >= 0.6 is 0 Å². The van der Waals surface area contributed by atoms with Gasteiger partial charge < -0.3 is 5.32 Å². The molecule has 3 nitrogen and oxygen atoms in total. The lowest BCUT2D eigenvalue weighted by atomic mass is 9.93. The van der Waals surface area contributed by atoms with Crippen LogP contribution in [-0.2, 0) is 10.8 Å². The molecule has 0 radical (unpaired) electrons. The largest absolute Gasteiger partial charge is 0.308 e. The fourth-order valence-electron chi connectivity index (χ4n) is 3.03. The summed E-state index contributed by atoms with van der Waals surface area (Å²) in [6.45, 7) is 5.52. The minimum absolute atomic E-state index is 0.391. The molecule has 1 saturated carbocycles. The smallest absolute Gasteiger partial charge is 0.0359 e. The fraction of sp³-hybridized carbons (Fsp3) is 1.00. The molecule has 0 amide bonds. The third-order valence-electron chi connectivity index (χ3n) is 4.13. The van der Waals surface area contributed by atoms with Crippen molar-refractivity contribution in [1.29, 1.82) is 0 Å². The number of hydrogen-bond acceptors (Lipinski definition) is 3. The molecule has 2 rings (SSSR count). The van der Waals surface area contributed by atoms with Crippen molar-refractivity contribution < 1.29 is 4.21 Å². The van der Waals surface area contributed by atoms with Crippen LogP contribution in [0.15, 0.2) is 0 Å². The monoisotopic (exact) mass is 244 g/mol. The van der Waals surface area contributed by atoms with Gasteiger partial charge in [0.15, 0.2) is 0 Å². The van der Waals surface area contributed by atoms with Gasteiger partial charge in [0.2, 0.25) is 0 Å². The standard InChI is InChI=1S/C12H24N2OS/c1-11-9-13-12(5-3-4-6-12)10-14(11)7-8-16(2)15/h11,13H,3-10H2,1-2H3. The molecule has 1 heterocycles. The lowest BCUT2D eigenvalue weighted by molar-refractivity contribution is 0.0953. The Morgan fingerprint density at radius 2 is 2.12 bits per heavy atom. The Bertz CT molecular complexity index is 264. The Morgan fingerprint density at radius 3 is 2.75 bits per heavy atom. The van der Waals surface area contributed by atoms with Crippen molar-refractivity contribution in [1.82, 2.24) is 10.2 Å². The first-order valence-electron chi connectivity index (χ1n) is 6.40. The van der Waals surface area contributed by atoms with Crippen LogP contribution in [0.2, 0.25) is 0 Å². The van der Waals surface area contributed by atoms with E-state index in [1.807, 2.05) is 0 Å². The third kappa shape index (κ3) is 2.84. The van der Waals surface area contributed by atoms with Gasteiger partial charge in [0.25, 0.3) is 0 Å². The van der Waals surface area contributed by atoms with E-state index in [2.05, 4.69) is 17.1 Å². The summed E-state index contributed by atoms with van der Waals surface area (Å²) in [6, 6.07) is 0.592. The molecule has 1 saturated heterocycles. The molecule has 2 unspecified atom stereocenters. The van der Waals surface area contributed by atoms with Gasteiger partial charge in [0.1, 0.15) is 0 Å². The Hall–Kier alpha value is 0.0700. The molecule has 0 bridgehead atoms. The number of nitrogens with one attached hydrogen (secondary N) is 1. The van der Waals surface area contributed by atoms with E-state index in [9.17, 15) is 4.21 Å². The molecule has 1 N–H and O–H groups in total. The molecule has 16 heavy (non-hydrogen) atoms. The molecule has 1 aliphatic carbocycles. The maximum absolute atomic E-state index is 11.2. The van der Waals surface area contributed by atoms with E-state index in [-0.39, 0.29) is 0 Å². The average Bonchev–Trinajstić information content (AvgIpc) is 2.68. The van der Waals surface area contributed by atoms with E-state index in [0.717, 1.165) is 25.4 Å². The van der Waals surface area contributed by atoms with Crippen LogP contribution in [0.5, 0.6) is 0 Å². The summed E-state index contributed by atoms with van der Waals surface area (Å²) in [6.07, 6.45) is 7.19. The first kappa shape index (κ1) is 12.5. The van der Waals surface area contributed by atoms with Crippen molar-refractivity contribution in [3.8, 4) is 0 Å². The van der Waals surface area contributed by atoms with Crippen LogP contribution in [0.1, 0.15) is 32.6 Å². The highest BCUT2D eigenvalue weighted by atomic mass is 32.2. The number of hydrogen-bond donors (Lipinski definition) is 1. The molecule has 0 aromatic rings. The van der Waals surface area contributed by atoms with Crippen molar-refractivity contribution >= 4 is 10.8 Å². The quantitative estimate of drug-likeness (QED) is 0.803. The highest BCUT2D eigenvalue weighted by Gasteiger charge is 2.39. The van der Waals surface area contributed by atoms with Gasteiger partial charge in [0.05, 0.1) is 0 Å². The second kappa shape index (κ2) is 5.15. The minimum Gasteiger partial charge on any atom is -0.308 e. The zero-order valence-electron chi connectivity index (χ0n) is 10.5. The molecular weight excluding hydrogens is 220 g/mol. The van der Waals surface area contributed by atoms with Gasteiger partial charge in [0, 0.05) is 54.0 Å². The first-order valence-corrected chi connectivity index (χ1v) is 8.13. The van der Waals surface area contributed by atoms with E-state index in [1.165, 1.54) is 25.7 Å². The van der Waals surface area contributed by atoms with Crippen molar-refractivity contribution in [3.05, 3.63) is 0 Å². The Labute approximate surface area is 101 Å². The fourth-order valence-corrected chi connectivity index (χ4v) is 3.52.